The SMILES string of the molecule is CC(C)c1ccccc1NCc1cc(Br)c2c(c1)OCO2. The Kier molecular flexibility index (Phi) is 4.06. The number of benzene rings is 2. The first kappa shape index (κ1) is 14.3. The highest BCUT2D eigenvalue weighted by atomic mass is 79.9. The normalized spacial score (nSPS) is 12.8. The minimum atomic E-state index is 0.293. The van der Waals surface area contributed by atoms with Gasteiger partial charge in [0.1, 0.15) is 0 Å². The molecule has 0 bridgehead atoms. The van der Waals surface area contributed by atoms with Crippen LogP contribution < -0.4 is 14.8 Å². The van der Waals surface area contributed by atoms with Crippen molar-refractivity contribution >= 4 is 21.6 Å². The minimum Gasteiger partial charge on any atom is -0.454 e. The van der Waals surface area contributed by atoms with Gasteiger partial charge in [0, 0.05) is 12.2 Å². The van der Waals surface area contributed by atoms with Crippen molar-refractivity contribution < 1.29 is 9.47 Å². The highest BCUT2D eigenvalue weighted by Crippen LogP contribution is 2.40. The molecule has 0 saturated carbocycles. The number of fused-ring (bicyclic) bond motifs is 1. The lowest BCUT2D eigenvalue weighted by Gasteiger charge is -2.15. The second-order valence-corrected chi connectivity index (χ2v) is 6.26. The van der Waals surface area contributed by atoms with E-state index in [-0.39, 0.29) is 0 Å². The number of halogens is 1. The van der Waals surface area contributed by atoms with Crippen LogP contribution in [0.15, 0.2) is 40.9 Å². The van der Waals surface area contributed by atoms with Crippen LogP contribution in [0.4, 0.5) is 5.69 Å². The van der Waals surface area contributed by atoms with Crippen molar-refractivity contribution in [1.82, 2.24) is 0 Å². The van der Waals surface area contributed by atoms with E-state index in [2.05, 4.69) is 65.4 Å². The molecular weight excluding hydrogens is 330 g/mol. The monoisotopic (exact) mass is 347 g/mol. The molecule has 3 nitrogen and oxygen atoms in total. The van der Waals surface area contributed by atoms with Crippen molar-refractivity contribution in [2.45, 2.75) is 26.3 Å². The van der Waals surface area contributed by atoms with Crippen molar-refractivity contribution in [1.29, 1.82) is 0 Å². The zero-order valence-electron chi connectivity index (χ0n) is 12.2. The van der Waals surface area contributed by atoms with E-state index in [0.717, 1.165) is 28.1 Å². The fraction of sp³-hybridized carbons (Fsp3) is 0.294. The maximum absolute atomic E-state index is 5.45. The average Bonchev–Trinajstić information content (AvgIpc) is 2.94. The number of hydrogen-bond donors (Lipinski definition) is 1. The Bertz CT molecular complexity index is 655. The molecule has 1 aliphatic heterocycles. The zero-order chi connectivity index (χ0) is 14.8. The second-order valence-electron chi connectivity index (χ2n) is 5.41. The van der Waals surface area contributed by atoms with Gasteiger partial charge in [-0.1, -0.05) is 32.0 Å². The topological polar surface area (TPSA) is 30.5 Å². The summed E-state index contributed by atoms with van der Waals surface area (Å²) in [6.07, 6.45) is 0. The Balaban J connectivity index is 1.78. The molecule has 0 fully saturated rings. The average molecular weight is 348 g/mol. The summed E-state index contributed by atoms with van der Waals surface area (Å²) in [5, 5.41) is 3.51. The summed E-state index contributed by atoms with van der Waals surface area (Å²) < 4.78 is 11.8. The third-order valence-corrected chi connectivity index (χ3v) is 4.14. The van der Waals surface area contributed by atoms with E-state index in [9.17, 15) is 0 Å². The Morgan fingerprint density at radius 3 is 2.81 bits per heavy atom. The molecule has 1 N–H and O–H groups in total. The molecule has 110 valence electrons. The van der Waals surface area contributed by atoms with Gasteiger partial charge in [-0.05, 0) is 51.2 Å². The van der Waals surface area contributed by atoms with Crippen LogP contribution in [-0.4, -0.2) is 6.79 Å². The van der Waals surface area contributed by atoms with Gasteiger partial charge in [0.05, 0.1) is 4.47 Å². The molecule has 0 amide bonds. The first-order valence-corrected chi connectivity index (χ1v) is 7.85. The zero-order valence-corrected chi connectivity index (χ0v) is 13.7. The van der Waals surface area contributed by atoms with Gasteiger partial charge in [0.2, 0.25) is 6.79 Å². The molecule has 0 saturated heterocycles. The lowest BCUT2D eigenvalue weighted by atomic mass is 10.0. The summed E-state index contributed by atoms with van der Waals surface area (Å²) in [4.78, 5) is 0. The Morgan fingerprint density at radius 2 is 2.00 bits per heavy atom. The van der Waals surface area contributed by atoms with Crippen LogP contribution in [0.3, 0.4) is 0 Å². The summed E-state index contributed by atoms with van der Waals surface area (Å²) in [5.74, 6) is 2.09. The number of para-hydroxylation sites is 1. The summed E-state index contributed by atoms with van der Waals surface area (Å²) in [7, 11) is 0. The number of nitrogens with one attached hydrogen (secondary N) is 1. The fourth-order valence-corrected chi connectivity index (χ4v) is 3.09. The van der Waals surface area contributed by atoms with E-state index in [1.54, 1.807) is 0 Å². The second kappa shape index (κ2) is 5.98. The molecule has 3 rings (SSSR count). The summed E-state index contributed by atoms with van der Waals surface area (Å²) >= 11 is 3.53. The molecule has 0 aliphatic carbocycles. The van der Waals surface area contributed by atoms with Crippen LogP contribution in [0.25, 0.3) is 0 Å². The minimum absolute atomic E-state index is 0.293. The molecule has 2 aromatic carbocycles. The molecule has 0 aromatic heterocycles. The number of rotatable bonds is 4. The van der Waals surface area contributed by atoms with Gasteiger partial charge in [0.15, 0.2) is 11.5 Å². The molecule has 2 aromatic rings. The first-order chi connectivity index (χ1) is 10.1. The molecule has 0 spiro atoms. The van der Waals surface area contributed by atoms with E-state index in [1.165, 1.54) is 11.3 Å². The fourth-order valence-electron chi connectivity index (χ4n) is 2.48. The molecule has 0 radical (unpaired) electrons. The predicted molar refractivity (Wildman–Crippen MR) is 88.1 cm³/mol. The largest absolute Gasteiger partial charge is 0.454 e. The van der Waals surface area contributed by atoms with Crippen LogP contribution >= 0.6 is 15.9 Å². The van der Waals surface area contributed by atoms with Crippen LogP contribution in [0.5, 0.6) is 11.5 Å². The molecular formula is C17H18BrNO2. The van der Waals surface area contributed by atoms with Crippen molar-refractivity contribution in [2.24, 2.45) is 0 Å². The lowest BCUT2D eigenvalue weighted by Crippen LogP contribution is -2.03. The molecule has 21 heavy (non-hydrogen) atoms. The van der Waals surface area contributed by atoms with E-state index in [1.807, 2.05) is 6.07 Å². The van der Waals surface area contributed by atoms with E-state index >= 15 is 0 Å². The summed E-state index contributed by atoms with van der Waals surface area (Å²) in [5.41, 5.74) is 3.67. The number of anilines is 1. The number of ether oxygens (including phenoxy) is 2. The van der Waals surface area contributed by atoms with Gasteiger partial charge in [-0.3, -0.25) is 0 Å². The van der Waals surface area contributed by atoms with Crippen LogP contribution in [0, 0.1) is 0 Å². The highest BCUT2D eigenvalue weighted by molar-refractivity contribution is 9.10. The first-order valence-electron chi connectivity index (χ1n) is 7.06. The predicted octanol–water partition coefficient (Wildman–Crippen LogP) is 4.91. The Hall–Kier alpha value is -1.68. The maximum atomic E-state index is 5.45. The van der Waals surface area contributed by atoms with Crippen molar-refractivity contribution in [3.63, 3.8) is 0 Å². The van der Waals surface area contributed by atoms with Crippen LogP contribution in [0.2, 0.25) is 0 Å². The van der Waals surface area contributed by atoms with Gasteiger partial charge in [-0.25, -0.2) is 0 Å². The standard InChI is InChI=1S/C17H18BrNO2/c1-11(2)13-5-3-4-6-15(13)19-9-12-7-14(18)17-16(8-12)20-10-21-17/h3-8,11,19H,9-10H2,1-2H3. The molecule has 4 heteroatoms. The molecule has 1 heterocycles. The van der Waals surface area contributed by atoms with Crippen LogP contribution in [0.1, 0.15) is 30.9 Å². The highest BCUT2D eigenvalue weighted by Gasteiger charge is 2.18. The molecule has 0 atom stereocenters. The van der Waals surface area contributed by atoms with Gasteiger partial charge >= 0.3 is 0 Å². The van der Waals surface area contributed by atoms with Gasteiger partial charge < -0.3 is 14.8 Å². The van der Waals surface area contributed by atoms with Crippen LogP contribution in [-0.2, 0) is 6.54 Å². The van der Waals surface area contributed by atoms with Gasteiger partial charge in [-0.15, -0.1) is 0 Å². The third-order valence-electron chi connectivity index (χ3n) is 3.55. The van der Waals surface area contributed by atoms with Gasteiger partial charge in [-0.2, -0.15) is 0 Å². The van der Waals surface area contributed by atoms with Gasteiger partial charge in [0.25, 0.3) is 0 Å². The lowest BCUT2D eigenvalue weighted by molar-refractivity contribution is 0.173. The van der Waals surface area contributed by atoms with Crippen molar-refractivity contribution in [2.75, 3.05) is 12.1 Å². The summed E-state index contributed by atoms with van der Waals surface area (Å²) in [6.45, 7) is 5.45. The maximum Gasteiger partial charge on any atom is 0.231 e. The Labute approximate surface area is 133 Å². The quantitative estimate of drug-likeness (QED) is 0.851. The molecule has 1 aliphatic rings. The van der Waals surface area contributed by atoms with E-state index in [0.29, 0.717) is 12.7 Å². The van der Waals surface area contributed by atoms with E-state index in [4.69, 9.17) is 9.47 Å². The third kappa shape index (κ3) is 3.00. The number of hydrogen-bond acceptors (Lipinski definition) is 3. The van der Waals surface area contributed by atoms with Crippen molar-refractivity contribution in [3.8, 4) is 11.5 Å². The van der Waals surface area contributed by atoms with E-state index < -0.39 is 0 Å². The van der Waals surface area contributed by atoms with Crippen molar-refractivity contribution in [3.05, 3.63) is 52.0 Å². The Morgan fingerprint density at radius 1 is 1.19 bits per heavy atom. The summed E-state index contributed by atoms with van der Waals surface area (Å²) in [6, 6.07) is 12.5. The molecule has 0 unspecified atom stereocenters. The smallest absolute Gasteiger partial charge is 0.231 e.